The number of nitrogens with one attached hydrogen (secondary N) is 2. The number of amides is 5. The molecule has 2 aliphatic heterocycles. The summed E-state index contributed by atoms with van der Waals surface area (Å²) in [5.74, 6) is -1.65. The molecule has 388 valence electrons. The zero-order valence-corrected chi connectivity index (χ0v) is 45.1. The van der Waals surface area contributed by atoms with Crippen LogP contribution in [0.2, 0.25) is 0 Å². The zero-order valence-electron chi connectivity index (χ0n) is 44.2. The minimum Gasteiger partial charge on any atom is -0.444 e. The number of likely N-dealkylation sites (tertiary alicyclic amines) is 1. The van der Waals surface area contributed by atoms with Crippen LogP contribution in [0.15, 0.2) is 41.9 Å². The molecule has 4 rings (SSSR count). The standard InChI is InChI=1S/C52H86N8O8S/c1-15-36(6)45(57(12)50(64)43(34(2)3)55-48(63)44(35(4)5)56(11)25-26-58-27-29-59(30-28-58)51(65)68-52(8,9)10)41(66-13)33-42(61)60-24-19-22-40(60)46(67-14)37(7)47(62)54-39(49-53-23-31-69-49)32-38-20-17-16-18-21-38/h16-18,20-21,23,31,34-37,39-41,43-46H,15,19,22,24-30,32-33H2,1-14H3,(H,54,62)(H,55,63)/t36-,37+,39-,40-,41+,43-,44-,45-,46+/m0/s1. The second-order valence-corrected chi connectivity index (χ2v) is 21.8. The Morgan fingerprint density at radius 1 is 0.884 bits per heavy atom. The van der Waals surface area contributed by atoms with Crippen molar-refractivity contribution in [3.63, 3.8) is 0 Å². The van der Waals surface area contributed by atoms with Crippen molar-refractivity contribution in [2.45, 2.75) is 149 Å². The molecule has 0 saturated carbocycles. The van der Waals surface area contributed by atoms with Gasteiger partial charge >= 0.3 is 6.09 Å². The van der Waals surface area contributed by atoms with E-state index in [1.807, 2.05) is 103 Å². The first-order valence-corrected chi connectivity index (χ1v) is 26.1. The van der Waals surface area contributed by atoms with Gasteiger partial charge in [-0.15, -0.1) is 11.3 Å². The molecule has 16 nitrogen and oxygen atoms in total. The van der Waals surface area contributed by atoms with Crippen molar-refractivity contribution >= 4 is 41.1 Å². The zero-order chi connectivity index (χ0) is 51.2. The Morgan fingerprint density at radius 3 is 2.10 bits per heavy atom. The Bertz CT molecular complexity index is 1910. The van der Waals surface area contributed by atoms with E-state index in [9.17, 15) is 24.0 Å². The number of piperazine rings is 1. The van der Waals surface area contributed by atoms with Crippen LogP contribution in [-0.4, -0.2) is 175 Å². The minimum atomic E-state index is -0.821. The molecule has 2 aliphatic rings. The summed E-state index contributed by atoms with van der Waals surface area (Å²) in [6, 6.07) is 7.56. The predicted molar refractivity (Wildman–Crippen MR) is 272 cm³/mol. The summed E-state index contributed by atoms with van der Waals surface area (Å²) in [4.78, 5) is 84.3. The van der Waals surface area contributed by atoms with Gasteiger partial charge in [-0.1, -0.05) is 85.2 Å². The lowest BCUT2D eigenvalue weighted by Crippen LogP contribution is -2.60. The van der Waals surface area contributed by atoms with Crippen molar-refractivity contribution in [1.82, 2.24) is 40.1 Å². The maximum Gasteiger partial charge on any atom is 0.410 e. The Hall–Kier alpha value is -4.16. The number of aromatic nitrogens is 1. The van der Waals surface area contributed by atoms with Crippen LogP contribution in [0.25, 0.3) is 0 Å². The molecule has 2 fully saturated rings. The summed E-state index contributed by atoms with van der Waals surface area (Å²) in [7, 11) is 6.88. The lowest BCUT2D eigenvalue weighted by atomic mass is 9.89. The van der Waals surface area contributed by atoms with Gasteiger partial charge in [-0.05, 0) is 70.4 Å². The van der Waals surface area contributed by atoms with E-state index in [1.54, 1.807) is 37.3 Å². The first-order chi connectivity index (χ1) is 32.6. The lowest BCUT2D eigenvalue weighted by Gasteiger charge is -2.41. The number of thiazole rings is 1. The normalized spacial score (nSPS) is 19.4. The maximum absolute atomic E-state index is 14.7. The largest absolute Gasteiger partial charge is 0.444 e. The maximum atomic E-state index is 14.7. The number of nitrogens with zero attached hydrogens (tertiary/aromatic N) is 6. The van der Waals surface area contributed by atoms with E-state index in [4.69, 9.17) is 14.2 Å². The first kappa shape index (κ1) is 57.4. The molecule has 0 spiro atoms. The van der Waals surface area contributed by atoms with Crippen LogP contribution >= 0.6 is 11.3 Å². The molecule has 1 aromatic heterocycles. The van der Waals surface area contributed by atoms with Crippen LogP contribution in [0, 0.1) is 23.7 Å². The van der Waals surface area contributed by atoms with E-state index in [2.05, 4.69) is 39.3 Å². The Kier molecular flexibility index (Phi) is 22.4. The van der Waals surface area contributed by atoms with Gasteiger partial charge in [-0.3, -0.25) is 29.0 Å². The Morgan fingerprint density at radius 2 is 1.55 bits per heavy atom. The number of ether oxygens (including phenoxy) is 3. The monoisotopic (exact) mass is 983 g/mol. The van der Waals surface area contributed by atoms with Gasteiger partial charge in [0.1, 0.15) is 16.7 Å². The summed E-state index contributed by atoms with van der Waals surface area (Å²) in [5, 5.41) is 9.13. The van der Waals surface area contributed by atoms with Crippen LogP contribution in [-0.2, 0) is 39.8 Å². The molecule has 0 aliphatic carbocycles. The highest BCUT2D eigenvalue weighted by Crippen LogP contribution is 2.31. The molecule has 69 heavy (non-hydrogen) atoms. The summed E-state index contributed by atoms with van der Waals surface area (Å²) < 4.78 is 17.8. The number of hydrogen-bond donors (Lipinski definition) is 2. The highest BCUT2D eigenvalue weighted by atomic mass is 32.1. The molecular formula is C52H86N8O8S. The van der Waals surface area contributed by atoms with Crippen LogP contribution in [0.3, 0.4) is 0 Å². The number of carbonyl (C=O) groups is 5. The van der Waals surface area contributed by atoms with Crippen molar-refractivity contribution in [3.05, 3.63) is 52.5 Å². The van der Waals surface area contributed by atoms with Crippen molar-refractivity contribution in [1.29, 1.82) is 0 Å². The summed E-state index contributed by atoms with van der Waals surface area (Å²) in [6.45, 7) is 23.9. The predicted octanol–water partition coefficient (Wildman–Crippen LogP) is 6.11. The average Bonchev–Trinajstić information content (AvgIpc) is 4.03. The topological polar surface area (TPSA) is 166 Å². The van der Waals surface area contributed by atoms with Gasteiger partial charge in [0, 0.05) is 78.7 Å². The summed E-state index contributed by atoms with van der Waals surface area (Å²) in [5.41, 5.74) is 0.538. The van der Waals surface area contributed by atoms with Gasteiger partial charge in [0.05, 0.1) is 48.7 Å². The molecule has 3 heterocycles. The number of methoxy groups -OCH3 is 2. The highest BCUT2D eigenvalue weighted by Gasteiger charge is 2.43. The number of benzene rings is 1. The van der Waals surface area contributed by atoms with Crippen LogP contribution in [0.4, 0.5) is 4.79 Å². The van der Waals surface area contributed by atoms with Gasteiger partial charge < -0.3 is 39.5 Å². The van der Waals surface area contributed by atoms with Crippen LogP contribution < -0.4 is 10.6 Å². The Labute approximate surface area is 417 Å². The van der Waals surface area contributed by atoms with Gasteiger partial charge in [0.25, 0.3) is 0 Å². The van der Waals surface area contributed by atoms with Gasteiger partial charge in [0.15, 0.2) is 0 Å². The number of rotatable bonds is 24. The van der Waals surface area contributed by atoms with E-state index < -0.39 is 41.9 Å². The van der Waals surface area contributed by atoms with Crippen molar-refractivity contribution in [2.75, 3.05) is 74.1 Å². The molecule has 17 heteroatoms. The molecule has 2 N–H and O–H groups in total. The fourth-order valence-electron chi connectivity index (χ4n) is 9.97. The molecule has 0 bridgehead atoms. The third-order valence-electron chi connectivity index (χ3n) is 14.0. The number of carbonyl (C=O) groups excluding carboxylic acids is 5. The van der Waals surface area contributed by atoms with E-state index >= 15 is 0 Å². The molecular weight excluding hydrogens is 897 g/mol. The smallest absolute Gasteiger partial charge is 0.410 e. The summed E-state index contributed by atoms with van der Waals surface area (Å²) >= 11 is 1.50. The third-order valence-corrected chi connectivity index (χ3v) is 14.9. The number of hydrogen-bond acceptors (Lipinski definition) is 12. The molecule has 9 atom stereocenters. The fourth-order valence-corrected chi connectivity index (χ4v) is 10.7. The van der Waals surface area contributed by atoms with Crippen LogP contribution in [0.5, 0.6) is 0 Å². The first-order valence-electron chi connectivity index (χ1n) is 25.2. The van der Waals surface area contributed by atoms with Crippen molar-refractivity contribution in [3.8, 4) is 0 Å². The van der Waals surface area contributed by atoms with E-state index in [-0.39, 0.29) is 66.0 Å². The van der Waals surface area contributed by atoms with Crippen LogP contribution in [0.1, 0.15) is 112 Å². The quantitative estimate of drug-likeness (QED) is 0.125. The molecule has 1 aromatic carbocycles. The minimum absolute atomic E-state index is 0.0226. The SMILES string of the molecule is CC[C@H](C)[C@@H]([C@@H](CC(=O)N1CCC[C@H]1[C@H](OC)[C@@H](C)C(=O)N[C@@H](Cc1ccccc1)c1nccs1)OC)N(C)C(=O)[C@@H](NC(=O)[C@H](C(C)C)N(C)CCN1CCN(C(=O)OC(C)(C)C)CC1)C(C)C. The average molecular weight is 983 g/mol. The summed E-state index contributed by atoms with van der Waals surface area (Å²) in [6.07, 6.45) is 3.02. The van der Waals surface area contributed by atoms with Gasteiger partial charge in [-0.25, -0.2) is 9.78 Å². The molecule has 2 saturated heterocycles. The van der Waals surface area contributed by atoms with Gasteiger partial charge in [-0.2, -0.15) is 0 Å². The number of likely N-dealkylation sites (N-methyl/N-ethyl adjacent to an activating group) is 2. The van der Waals surface area contributed by atoms with E-state index in [0.717, 1.165) is 30.0 Å². The van der Waals surface area contributed by atoms with Crippen molar-refractivity contribution in [2.24, 2.45) is 23.7 Å². The highest BCUT2D eigenvalue weighted by molar-refractivity contribution is 7.09. The lowest BCUT2D eigenvalue weighted by molar-refractivity contribution is -0.148. The molecule has 2 aromatic rings. The second-order valence-electron chi connectivity index (χ2n) is 20.9. The van der Waals surface area contributed by atoms with E-state index in [1.165, 1.54) is 11.3 Å². The second kappa shape index (κ2) is 26.9. The van der Waals surface area contributed by atoms with E-state index in [0.29, 0.717) is 52.1 Å². The van der Waals surface area contributed by atoms with Gasteiger partial charge in [0.2, 0.25) is 23.6 Å². The molecule has 0 radical (unpaired) electrons. The third kappa shape index (κ3) is 16.2. The fraction of sp³-hybridized carbons (Fsp3) is 0.731. The molecule has 0 unspecified atom stereocenters. The molecule has 5 amide bonds. The van der Waals surface area contributed by atoms with Crippen molar-refractivity contribution < 1.29 is 38.2 Å². The Balaban J connectivity index is 1.42.